The molecule has 0 aliphatic heterocycles. The van der Waals surface area contributed by atoms with E-state index in [9.17, 15) is 19.1 Å². The van der Waals surface area contributed by atoms with E-state index in [0.717, 1.165) is 22.5 Å². The number of hydrogen-bond acceptors (Lipinski definition) is 4. The maximum absolute atomic E-state index is 14.1. The normalized spacial score (nSPS) is 11.5. The number of nitrogens with one attached hydrogen (secondary N) is 2. The molecule has 0 bridgehead atoms. The van der Waals surface area contributed by atoms with Gasteiger partial charge in [0.25, 0.3) is 5.56 Å². The van der Waals surface area contributed by atoms with E-state index in [2.05, 4.69) is 15.0 Å². The van der Waals surface area contributed by atoms with Crippen LogP contribution in [0.3, 0.4) is 0 Å². The molecule has 0 atom stereocenters. The fourth-order valence-electron chi connectivity index (χ4n) is 3.19. The molecule has 0 aliphatic rings. The summed E-state index contributed by atoms with van der Waals surface area (Å²) in [6.45, 7) is 0.361. The molecule has 4 rings (SSSR count). The van der Waals surface area contributed by atoms with Crippen molar-refractivity contribution in [3.63, 3.8) is 0 Å². The number of halogens is 1. The fourth-order valence-corrected chi connectivity index (χ4v) is 3.19. The summed E-state index contributed by atoms with van der Waals surface area (Å²) in [5, 5.41) is 11.5. The number of aromatic amines is 2. The van der Waals surface area contributed by atoms with Crippen molar-refractivity contribution in [2.24, 2.45) is 4.99 Å². The van der Waals surface area contributed by atoms with Crippen LogP contribution in [0.15, 0.2) is 69.3 Å². The van der Waals surface area contributed by atoms with Gasteiger partial charge in [-0.25, -0.2) is 13.8 Å². The van der Waals surface area contributed by atoms with Gasteiger partial charge in [-0.2, -0.15) is 0 Å². The van der Waals surface area contributed by atoms with Crippen molar-refractivity contribution in [3.05, 3.63) is 92.5 Å². The van der Waals surface area contributed by atoms with Gasteiger partial charge in [0.1, 0.15) is 11.4 Å². The zero-order chi connectivity index (χ0) is 20.4. The van der Waals surface area contributed by atoms with Gasteiger partial charge in [0.2, 0.25) is 5.88 Å². The Balaban J connectivity index is 1.62. The lowest BCUT2D eigenvalue weighted by atomic mass is 10.1. The first-order valence-corrected chi connectivity index (χ1v) is 8.94. The largest absolute Gasteiger partial charge is 0.493 e. The van der Waals surface area contributed by atoms with Crippen molar-refractivity contribution in [2.75, 3.05) is 6.54 Å². The van der Waals surface area contributed by atoms with Crippen LogP contribution in [-0.2, 0) is 6.42 Å². The van der Waals surface area contributed by atoms with Gasteiger partial charge in [0.05, 0.1) is 5.69 Å². The van der Waals surface area contributed by atoms with Gasteiger partial charge < -0.3 is 10.1 Å². The molecule has 8 heteroatoms. The maximum atomic E-state index is 14.1. The van der Waals surface area contributed by atoms with Crippen LogP contribution in [0.5, 0.6) is 5.88 Å². The summed E-state index contributed by atoms with van der Waals surface area (Å²) in [6, 6.07) is 13.3. The standard InChI is InChI=1S/C21H17FN4O3/c22-16-6-2-4-8-18(16)26-20(28)15(19(27)25-21(26)29)12-23-10-9-13-11-24-17-7-3-1-5-14(13)17/h1-8,11-12,24,28H,9-10H2,(H,25,27,29). The van der Waals surface area contributed by atoms with Crippen molar-refractivity contribution < 1.29 is 9.50 Å². The van der Waals surface area contributed by atoms with E-state index in [-0.39, 0.29) is 11.3 Å². The molecule has 146 valence electrons. The van der Waals surface area contributed by atoms with E-state index in [0.29, 0.717) is 17.5 Å². The number of benzene rings is 2. The predicted octanol–water partition coefficient (Wildman–Crippen LogP) is 2.51. The van der Waals surface area contributed by atoms with Crippen LogP contribution in [0.4, 0.5) is 4.39 Å². The lowest BCUT2D eigenvalue weighted by Gasteiger charge is -2.10. The van der Waals surface area contributed by atoms with Crippen molar-refractivity contribution in [1.29, 1.82) is 0 Å². The molecular formula is C21H17FN4O3. The highest BCUT2D eigenvalue weighted by atomic mass is 19.1. The topological polar surface area (TPSA) is 103 Å². The minimum absolute atomic E-state index is 0.167. The molecule has 7 nitrogen and oxygen atoms in total. The third-order valence-electron chi connectivity index (χ3n) is 4.62. The van der Waals surface area contributed by atoms with Crippen LogP contribution in [0.25, 0.3) is 16.6 Å². The molecule has 0 unspecified atom stereocenters. The van der Waals surface area contributed by atoms with Gasteiger partial charge >= 0.3 is 5.69 Å². The fraction of sp³-hybridized carbons (Fsp3) is 0.0952. The summed E-state index contributed by atoms with van der Waals surface area (Å²) in [5.41, 5.74) is -0.0133. The summed E-state index contributed by atoms with van der Waals surface area (Å²) in [7, 11) is 0. The van der Waals surface area contributed by atoms with Crippen LogP contribution in [-0.4, -0.2) is 32.4 Å². The number of rotatable bonds is 5. The summed E-state index contributed by atoms with van der Waals surface area (Å²) < 4.78 is 14.8. The lowest BCUT2D eigenvalue weighted by Crippen LogP contribution is -2.31. The number of H-pyrrole nitrogens is 2. The van der Waals surface area contributed by atoms with E-state index in [1.807, 2.05) is 30.5 Å². The smallest absolute Gasteiger partial charge is 0.335 e. The summed E-state index contributed by atoms with van der Waals surface area (Å²) in [4.78, 5) is 33.7. The monoisotopic (exact) mass is 392 g/mol. The molecular weight excluding hydrogens is 375 g/mol. The average Bonchev–Trinajstić information content (AvgIpc) is 3.12. The Morgan fingerprint density at radius 3 is 2.69 bits per heavy atom. The van der Waals surface area contributed by atoms with Crippen molar-refractivity contribution in [2.45, 2.75) is 6.42 Å². The molecule has 0 spiro atoms. The Kier molecular flexibility index (Phi) is 4.82. The first kappa shape index (κ1) is 18.4. The van der Waals surface area contributed by atoms with Crippen molar-refractivity contribution in [3.8, 4) is 11.6 Å². The Labute approximate surface area is 163 Å². The van der Waals surface area contributed by atoms with Crippen LogP contribution < -0.4 is 11.2 Å². The number of fused-ring (bicyclic) bond motifs is 1. The molecule has 0 aliphatic carbocycles. The summed E-state index contributed by atoms with van der Waals surface area (Å²) >= 11 is 0. The van der Waals surface area contributed by atoms with Gasteiger partial charge in [-0.05, 0) is 30.2 Å². The third kappa shape index (κ3) is 3.47. The second-order valence-corrected chi connectivity index (χ2v) is 6.43. The Hall–Kier alpha value is -3.94. The Bertz CT molecular complexity index is 1330. The molecule has 2 aromatic heterocycles. The van der Waals surface area contributed by atoms with Gasteiger partial charge in [0, 0.05) is 29.9 Å². The highest BCUT2D eigenvalue weighted by Crippen LogP contribution is 2.19. The molecule has 2 heterocycles. The van der Waals surface area contributed by atoms with E-state index in [1.165, 1.54) is 24.4 Å². The SMILES string of the molecule is O=c1[nH]c(=O)n(-c2ccccc2F)c(O)c1C=NCCc1c[nH]c2ccccc12. The van der Waals surface area contributed by atoms with Crippen molar-refractivity contribution in [1.82, 2.24) is 14.5 Å². The number of aliphatic imine (C=N–C) groups is 1. The molecule has 0 amide bonds. The maximum Gasteiger partial charge on any atom is 0.335 e. The molecule has 0 saturated carbocycles. The van der Waals surface area contributed by atoms with Gasteiger partial charge in [-0.1, -0.05) is 30.3 Å². The van der Waals surface area contributed by atoms with Crippen LogP contribution in [0, 0.1) is 5.82 Å². The molecule has 2 aromatic carbocycles. The zero-order valence-corrected chi connectivity index (χ0v) is 15.2. The number of nitrogens with zero attached hydrogens (tertiary/aromatic N) is 2. The van der Waals surface area contributed by atoms with Crippen LogP contribution >= 0.6 is 0 Å². The highest BCUT2D eigenvalue weighted by Gasteiger charge is 2.16. The van der Waals surface area contributed by atoms with Crippen LogP contribution in [0.1, 0.15) is 11.1 Å². The number of aromatic nitrogens is 3. The summed E-state index contributed by atoms with van der Waals surface area (Å²) in [5.74, 6) is -1.38. The second kappa shape index (κ2) is 7.59. The molecule has 4 aromatic rings. The average molecular weight is 392 g/mol. The van der Waals surface area contributed by atoms with Gasteiger partial charge in [-0.3, -0.25) is 14.8 Å². The summed E-state index contributed by atoms with van der Waals surface area (Å²) in [6.07, 6.45) is 3.72. The quantitative estimate of drug-likeness (QED) is 0.455. The first-order valence-electron chi connectivity index (χ1n) is 8.94. The third-order valence-corrected chi connectivity index (χ3v) is 4.62. The van der Waals surface area contributed by atoms with E-state index >= 15 is 0 Å². The molecule has 29 heavy (non-hydrogen) atoms. The van der Waals surface area contributed by atoms with Gasteiger partial charge in [-0.15, -0.1) is 0 Å². The first-order chi connectivity index (χ1) is 14.1. The van der Waals surface area contributed by atoms with Crippen LogP contribution in [0.2, 0.25) is 0 Å². The van der Waals surface area contributed by atoms with E-state index in [1.54, 1.807) is 0 Å². The Morgan fingerprint density at radius 1 is 1.10 bits per heavy atom. The lowest BCUT2D eigenvalue weighted by molar-refractivity contribution is 0.427. The second-order valence-electron chi connectivity index (χ2n) is 6.43. The molecule has 0 saturated heterocycles. The minimum atomic E-state index is -0.937. The minimum Gasteiger partial charge on any atom is -0.493 e. The number of para-hydroxylation sites is 2. The highest BCUT2D eigenvalue weighted by molar-refractivity contribution is 5.83. The Morgan fingerprint density at radius 2 is 1.86 bits per heavy atom. The van der Waals surface area contributed by atoms with Gasteiger partial charge in [0.15, 0.2) is 0 Å². The molecule has 0 radical (unpaired) electrons. The van der Waals surface area contributed by atoms with E-state index < -0.39 is 22.9 Å². The van der Waals surface area contributed by atoms with Crippen molar-refractivity contribution >= 4 is 17.1 Å². The number of hydrogen-bond donors (Lipinski definition) is 3. The number of aromatic hydroxyl groups is 1. The molecule has 0 fully saturated rings. The zero-order valence-electron chi connectivity index (χ0n) is 15.2. The van der Waals surface area contributed by atoms with E-state index in [4.69, 9.17) is 0 Å². The molecule has 3 N–H and O–H groups in total. The predicted molar refractivity (Wildman–Crippen MR) is 109 cm³/mol.